The van der Waals surface area contributed by atoms with Crippen molar-refractivity contribution in [2.45, 2.75) is 20.4 Å². The van der Waals surface area contributed by atoms with Gasteiger partial charge in [-0.1, -0.05) is 30.3 Å². The van der Waals surface area contributed by atoms with Crippen LogP contribution >= 0.6 is 12.4 Å². The molecule has 0 bridgehead atoms. The summed E-state index contributed by atoms with van der Waals surface area (Å²) in [7, 11) is 1.81. The third-order valence-electron chi connectivity index (χ3n) is 2.70. The monoisotopic (exact) mass is 256 g/mol. The van der Waals surface area contributed by atoms with Crippen molar-refractivity contribution in [3.05, 3.63) is 35.9 Å². The van der Waals surface area contributed by atoms with Crippen LogP contribution in [0.1, 0.15) is 19.4 Å². The predicted octanol–water partition coefficient (Wildman–Crippen LogP) is 2.05. The molecular formula is C13H21ClN2O. The van der Waals surface area contributed by atoms with Crippen LogP contribution in [0.4, 0.5) is 0 Å². The maximum absolute atomic E-state index is 12.0. The van der Waals surface area contributed by atoms with Crippen molar-refractivity contribution >= 4 is 18.3 Å². The minimum absolute atomic E-state index is 0. The molecule has 1 aromatic carbocycles. The van der Waals surface area contributed by atoms with Crippen LogP contribution in [0.3, 0.4) is 0 Å². The Kier molecular flexibility index (Phi) is 6.21. The molecule has 1 amide bonds. The van der Waals surface area contributed by atoms with Gasteiger partial charge in [0, 0.05) is 20.1 Å². The van der Waals surface area contributed by atoms with Crippen molar-refractivity contribution < 1.29 is 4.79 Å². The maximum Gasteiger partial charge on any atom is 0.229 e. The standard InChI is InChI=1S/C13H20N2O.ClH/c1-13(2,10-14)12(16)15(3)9-11-7-5-4-6-8-11;/h4-8H,9-10,14H2,1-3H3;1H. The molecule has 96 valence electrons. The second kappa shape index (κ2) is 6.62. The zero-order valence-corrected chi connectivity index (χ0v) is 11.5. The first-order valence-electron chi connectivity index (χ1n) is 5.47. The zero-order valence-electron chi connectivity index (χ0n) is 10.6. The first-order valence-corrected chi connectivity index (χ1v) is 5.47. The van der Waals surface area contributed by atoms with Gasteiger partial charge in [0.1, 0.15) is 0 Å². The van der Waals surface area contributed by atoms with Crippen LogP contribution in [0.5, 0.6) is 0 Å². The fourth-order valence-corrected chi connectivity index (χ4v) is 1.53. The fourth-order valence-electron chi connectivity index (χ4n) is 1.53. The molecule has 0 aliphatic carbocycles. The van der Waals surface area contributed by atoms with Gasteiger partial charge in [0.05, 0.1) is 5.41 Å². The zero-order chi connectivity index (χ0) is 12.2. The van der Waals surface area contributed by atoms with Crippen molar-refractivity contribution in [1.29, 1.82) is 0 Å². The highest BCUT2D eigenvalue weighted by atomic mass is 35.5. The number of rotatable bonds is 4. The van der Waals surface area contributed by atoms with Gasteiger partial charge in [0.15, 0.2) is 0 Å². The first-order chi connectivity index (χ1) is 7.47. The van der Waals surface area contributed by atoms with Crippen molar-refractivity contribution in [1.82, 2.24) is 4.90 Å². The number of nitrogens with two attached hydrogens (primary N) is 1. The molecule has 0 aliphatic rings. The van der Waals surface area contributed by atoms with Gasteiger partial charge in [-0.15, -0.1) is 12.4 Å². The predicted molar refractivity (Wildman–Crippen MR) is 73.0 cm³/mol. The lowest BCUT2D eigenvalue weighted by atomic mass is 9.92. The third kappa shape index (κ3) is 4.36. The van der Waals surface area contributed by atoms with E-state index < -0.39 is 5.41 Å². The van der Waals surface area contributed by atoms with E-state index in [1.807, 2.05) is 51.2 Å². The minimum Gasteiger partial charge on any atom is -0.341 e. The summed E-state index contributed by atoms with van der Waals surface area (Å²) >= 11 is 0. The Hall–Kier alpha value is -1.06. The SMILES string of the molecule is CN(Cc1ccccc1)C(=O)C(C)(C)CN.Cl. The van der Waals surface area contributed by atoms with Gasteiger partial charge in [0.2, 0.25) is 5.91 Å². The van der Waals surface area contributed by atoms with Crippen LogP contribution in [0.25, 0.3) is 0 Å². The number of hydrogen-bond acceptors (Lipinski definition) is 2. The fraction of sp³-hybridized carbons (Fsp3) is 0.462. The van der Waals surface area contributed by atoms with E-state index in [1.54, 1.807) is 4.90 Å². The molecule has 0 heterocycles. The molecular weight excluding hydrogens is 236 g/mol. The molecule has 1 aromatic rings. The van der Waals surface area contributed by atoms with E-state index in [-0.39, 0.29) is 18.3 Å². The number of carbonyl (C=O) groups excluding carboxylic acids is 1. The second-order valence-corrected chi connectivity index (χ2v) is 4.73. The summed E-state index contributed by atoms with van der Waals surface area (Å²) < 4.78 is 0. The first kappa shape index (κ1) is 15.9. The lowest BCUT2D eigenvalue weighted by Crippen LogP contribution is -2.42. The topological polar surface area (TPSA) is 46.3 Å². The third-order valence-corrected chi connectivity index (χ3v) is 2.70. The summed E-state index contributed by atoms with van der Waals surface area (Å²) in [5, 5.41) is 0. The summed E-state index contributed by atoms with van der Waals surface area (Å²) in [6.07, 6.45) is 0. The molecule has 17 heavy (non-hydrogen) atoms. The summed E-state index contributed by atoms with van der Waals surface area (Å²) in [5.74, 6) is 0.0823. The van der Waals surface area contributed by atoms with Crippen molar-refractivity contribution in [3.8, 4) is 0 Å². The number of halogens is 1. The summed E-state index contributed by atoms with van der Waals surface area (Å²) in [4.78, 5) is 13.8. The van der Waals surface area contributed by atoms with Crippen molar-refractivity contribution in [2.75, 3.05) is 13.6 Å². The van der Waals surface area contributed by atoms with E-state index in [4.69, 9.17) is 5.73 Å². The van der Waals surface area contributed by atoms with Gasteiger partial charge in [-0.2, -0.15) is 0 Å². The lowest BCUT2D eigenvalue weighted by molar-refractivity contribution is -0.139. The summed E-state index contributed by atoms with van der Waals surface area (Å²) in [5.41, 5.74) is 6.24. The smallest absolute Gasteiger partial charge is 0.229 e. The Labute approximate surface area is 109 Å². The lowest BCUT2D eigenvalue weighted by Gasteiger charge is -2.28. The molecule has 0 spiro atoms. The van der Waals surface area contributed by atoms with Crippen LogP contribution in [-0.2, 0) is 11.3 Å². The second-order valence-electron chi connectivity index (χ2n) is 4.73. The van der Waals surface area contributed by atoms with Crippen molar-refractivity contribution in [2.24, 2.45) is 11.1 Å². The van der Waals surface area contributed by atoms with Crippen LogP contribution in [-0.4, -0.2) is 24.4 Å². The average molecular weight is 257 g/mol. The van der Waals surface area contributed by atoms with E-state index >= 15 is 0 Å². The molecule has 0 unspecified atom stereocenters. The van der Waals surface area contributed by atoms with E-state index in [2.05, 4.69) is 0 Å². The molecule has 0 fully saturated rings. The van der Waals surface area contributed by atoms with E-state index in [0.717, 1.165) is 5.56 Å². The summed E-state index contributed by atoms with van der Waals surface area (Å²) in [6.45, 7) is 4.74. The largest absolute Gasteiger partial charge is 0.341 e. The van der Waals surface area contributed by atoms with Gasteiger partial charge < -0.3 is 10.6 Å². The van der Waals surface area contributed by atoms with E-state index in [1.165, 1.54) is 0 Å². The molecule has 0 atom stereocenters. The molecule has 0 aliphatic heterocycles. The molecule has 0 saturated heterocycles. The molecule has 3 nitrogen and oxygen atoms in total. The molecule has 0 radical (unpaired) electrons. The van der Waals surface area contributed by atoms with Crippen LogP contribution in [0, 0.1) is 5.41 Å². The van der Waals surface area contributed by atoms with E-state index in [9.17, 15) is 4.79 Å². The van der Waals surface area contributed by atoms with Gasteiger partial charge in [0.25, 0.3) is 0 Å². The highest BCUT2D eigenvalue weighted by molar-refractivity contribution is 5.85. The number of benzene rings is 1. The van der Waals surface area contributed by atoms with Crippen LogP contribution in [0.2, 0.25) is 0 Å². The van der Waals surface area contributed by atoms with Crippen molar-refractivity contribution in [3.63, 3.8) is 0 Å². The Morgan fingerprint density at radius 3 is 2.29 bits per heavy atom. The molecule has 0 aromatic heterocycles. The Morgan fingerprint density at radius 2 is 1.82 bits per heavy atom. The molecule has 0 saturated carbocycles. The number of carbonyl (C=O) groups is 1. The van der Waals surface area contributed by atoms with Gasteiger partial charge in [-0.3, -0.25) is 4.79 Å². The normalized spacial score (nSPS) is 10.6. The highest BCUT2D eigenvalue weighted by Crippen LogP contribution is 2.17. The summed E-state index contributed by atoms with van der Waals surface area (Å²) in [6, 6.07) is 9.94. The Morgan fingerprint density at radius 1 is 1.29 bits per heavy atom. The Bertz CT molecular complexity index is 352. The molecule has 4 heteroatoms. The number of hydrogen-bond donors (Lipinski definition) is 1. The maximum atomic E-state index is 12.0. The van der Waals surface area contributed by atoms with Crippen LogP contribution < -0.4 is 5.73 Å². The van der Waals surface area contributed by atoms with E-state index in [0.29, 0.717) is 13.1 Å². The van der Waals surface area contributed by atoms with Gasteiger partial charge >= 0.3 is 0 Å². The quantitative estimate of drug-likeness (QED) is 0.896. The van der Waals surface area contributed by atoms with Crippen LogP contribution in [0.15, 0.2) is 30.3 Å². The Balaban J connectivity index is 0.00000256. The average Bonchev–Trinajstić information content (AvgIpc) is 2.29. The number of amides is 1. The minimum atomic E-state index is -0.483. The van der Waals surface area contributed by atoms with Gasteiger partial charge in [-0.05, 0) is 19.4 Å². The van der Waals surface area contributed by atoms with Gasteiger partial charge in [-0.25, -0.2) is 0 Å². The number of nitrogens with zero attached hydrogens (tertiary/aromatic N) is 1. The molecule has 2 N–H and O–H groups in total. The molecule has 1 rings (SSSR count). The highest BCUT2D eigenvalue weighted by Gasteiger charge is 2.28.